The van der Waals surface area contributed by atoms with Crippen molar-refractivity contribution in [3.05, 3.63) is 42.0 Å². The molecule has 6 nitrogen and oxygen atoms in total. The van der Waals surface area contributed by atoms with Crippen LogP contribution < -0.4 is 0 Å². The van der Waals surface area contributed by atoms with E-state index in [-0.39, 0.29) is 5.56 Å². The van der Waals surface area contributed by atoms with E-state index in [4.69, 9.17) is 9.84 Å². The highest BCUT2D eigenvalue weighted by molar-refractivity contribution is 5.47. The summed E-state index contributed by atoms with van der Waals surface area (Å²) >= 11 is 0. The minimum absolute atomic E-state index is 0.208. The molecule has 1 aromatic carbocycles. The van der Waals surface area contributed by atoms with Crippen LogP contribution in [0.15, 0.2) is 30.8 Å². The molecule has 1 aromatic rings. The zero-order chi connectivity index (χ0) is 14.9. The van der Waals surface area contributed by atoms with E-state index in [2.05, 4.69) is 6.58 Å². The first-order chi connectivity index (χ1) is 9.43. The third kappa shape index (κ3) is 2.37. The molecular weight excluding hydrogens is 264 g/mol. The summed E-state index contributed by atoms with van der Waals surface area (Å²) in [5.41, 5.74) is 1.02. The van der Waals surface area contributed by atoms with Crippen LogP contribution in [0, 0.1) is 0 Å². The van der Waals surface area contributed by atoms with Gasteiger partial charge in [0.05, 0.1) is 6.61 Å². The Kier molecular flexibility index (Phi) is 4.24. The summed E-state index contributed by atoms with van der Waals surface area (Å²) in [5.74, 6) is -2.20. The molecule has 1 aliphatic rings. The fourth-order valence-electron chi connectivity index (χ4n) is 2.25. The molecule has 0 saturated carbocycles. The highest BCUT2D eigenvalue weighted by Crippen LogP contribution is 2.36. The molecule has 0 spiro atoms. The maximum Gasteiger partial charge on any atom is 0.222 e. The van der Waals surface area contributed by atoms with Gasteiger partial charge in [0.15, 0.2) is 0 Å². The van der Waals surface area contributed by atoms with E-state index in [1.807, 2.05) is 0 Å². The molecule has 0 bridgehead atoms. The van der Waals surface area contributed by atoms with Crippen LogP contribution in [0.4, 0.5) is 0 Å². The average molecular weight is 282 g/mol. The van der Waals surface area contributed by atoms with Crippen molar-refractivity contribution in [1.29, 1.82) is 0 Å². The summed E-state index contributed by atoms with van der Waals surface area (Å²) in [5, 5.41) is 49.0. The number of hydrogen-bond donors (Lipinski definition) is 5. The lowest BCUT2D eigenvalue weighted by atomic mass is 9.88. The summed E-state index contributed by atoms with van der Waals surface area (Å²) in [4.78, 5) is 0. The van der Waals surface area contributed by atoms with Crippen molar-refractivity contribution >= 4 is 6.08 Å². The normalized spacial score (nSPS) is 37.6. The fraction of sp³-hybridized carbons (Fsp3) is 0.429. The van der Waals surface area contributed by atoms with Gasteiger partial charge in [0.1, 0.15) is 24.4 Å². The standard InChI is InChI=1S/C14H18O6/c1-2-8-3-5-9(6-4-8)14(19)13(18)12(17)11(16)10(7-15)20-14/h2-6,10-13,15-19H,1,7H2/t10-,11-,12-,13-,14-/m1/s1. The van der Waals surface area contributed by atoms with Crippen LogP contribution in [0.1, 0.15) is 11.1 Å². The first-order valence-corrected chi connectivity index (χ1v) is 6.22. The Bertz CT molecular complexity index is 471. The summed E-state index contributed by atoms with van der Waals surface area (Å²) in [6.45, 7) is 3.00. The Morgan fingerprint density at radius 3 is 2.25 bits per heavy atom. The summed E-state index contributed by atoms with van der Waals surface area (Å²) in [6.07, 6.45) is -4.44. The molecule has 0 aromatic heterocycles. The largest absolute Gasteiger partial charge is 0.394 e. The number of rotatable bonds is 3. The molecule has 1 aliphatic heterocycles. The zero-order valence-corrected chi connectivity index (χ0v) is 10.8. The third-order valence-corrected chi connectivity index (χ3v) is 3.53. The number of aliphatic hydroxyl groups is 5. The van der Waals surface area contributed by atoms with E-state index < -0.39 is 36.8 Å². The van der Waals surface area contributed by atoms with E-state index in [0.29, 0.717) is 0 Å². The monoisotopic (exact) mass is 282 g/mol. The Morgan fingerprint density at radius 2 is 1.75 bits per heavy atom. The van der Waals surface area contributed by atoms with Crippen LogP contribution >= 0.6 is 0 Å². The molecule has 5 atom stereocenters. The molecule has 5 N–H and O–H groups in total. The summed E-state index contributed by atoms with van der Waals surface area (Å²) in [6, 6.07) is 6.33. The molecule has 6 heteroatoms. The van der Waals surface area contributed by atoms with Crippen LogP contribution in [0.2, 0.25) is 0 Å². The van der Waals surface area contributed by atoms with Gasteiger partial charge in [-0.1, -0.05) is 36.9 Å². The smallest absolute Gasteiger partial charge is 0.222 e. The molecule has 110 valence electrons. The van der Waals surface area contributed by atoms with Gasteiger partial charge in [-0.25, -0.2) is 0 Å². The van der Waals surface area contributed by atoms with E-state index in [1.165, 1.54) is 12.1 Å². The molecule has 1 saturated heterocycles. The van der Waals surface area contributed by atoms with Gasteiger partial charge in [-0.3, -0.25) is 0 Å². The first-order valence-electron chi connectivity index (χ1n) is 6.22. The molecule has 1 fully saturated rings. The number of aliphatic hydroxyl groups excluding tert-OH is 4. The molecule has 1 heterocycles. The van der Waals surface area contributed by atoms with Gasteiger partial charge in [-0.2, -0.15) is 0 Å². The highest BCUT2D eigenvalue weighted by Gasteiger charge is 2.53. The SMILES string of the molecule is C=Cc1ccc([C@@]2(O)O[C@H](CO)[C@@H](O)[C@@H](O)[C@H]2O)cc1. The quantitative estimate of drug-likeness (QED) is 0.484. The lowest BCUT2D eigenvalue weighted by molar-refractivity contribution is -0.357. The number of benzene rings is 1. The van der Waals surface area contributed by atoms with Crippen molar-refractivity contribution in [3.8, 4) is 0 Å². The Morgan fingerprint density at radius 1 is 1.15 bits per heavy atom. The zero-order valence-electron chi connectivity index (χ0n) is 10.8. The van der Waals surface area contributed by atoms with Gasteiger partial charge >= 0.3 is 0 Å². The Labute approximate surface area is 116 Å². The van der Waals surface area contributed by atoms with Gasteiger partial charge in [0.25, 0.3) is 0 Å². The second-order valence-corrected chi connectivity index (χ2v) is 4.79. The van der Waals surface area contributed by atoms with Gasteiger partial charge in [0.2, 0.25) is 5.79 Å². The van der Waals surface area contributed by atoms with Gasteiger partial charge in [-0.15, -0.1) is 0 Å². The van der Waals surface area contributed by atoms with Crippen LogP contribution in [0.25, 0.3) is 6.08 Å². The van der Waals surface area contributed by atoms with Crippen LogP contribution in [-0.2, 0) is 10.5 Å². The predicted molar refractivity (Wildman–Crippen MR) is 70.4 cm³/mol. The molecule has 0 aliphatic carbocycles. The summed E-state index contributed by atoms with van der Waals surface area (Å²) in [7, 11) is 0. The number of hydrogen-bond acceptors (Lipinski definition) is 6. The Hall–Kier alpha value is -1.28. The predicted octanol–water partition coefficient (Wildman–Crippen LogP) is -1.05. The highest BCUT2D eigenvalue weighted by atomic mass is 16.7. The van der Waals surface area contributed by atoms with E-state index in [1.54, 1.807) is 18.2 Å². The Balaban J connectivity index is 2.37. The average Bonchev–Trinajstić information content (AvgIpc) is 2.49. The van der Waals surface area contributed by atoms with Gasteiger partial charge < -0.3 is 30.3 Å². The van der Waals surface area contributed by atoms with Crippen molar-refractivity contribution in [3.63, 3.8) is 0 Å². The van der Waals surface area contributed by atoms with Gasteiger partial charge in [-0.05, 0) is 5.56 Å². The molecule has 0 radical (unpaired) electrons. The lowest BCUT2D eigenvalue weighted by Gasteiger charge is -2.45. The topological polar surface area (TPSA) is 110 Å². The fourth-order valence-corrected chi connectivity index (χ4v) is 2.25. The van der Waals surface area contributed by atoms with E-state index in [0.717, 1.165) is 5.56 Å². The second-order valence-electron chi connectivity index (χ2n) is 4.79. The lowest BCUT2D eigenvalue weighted by Crippen LogP contribution is -2.63. The van der Waals surface area contributed by atoms with Crippen molar-refractivity contribution in [2.75, 3.05) is 6.61 Å². The minimum Gasteiger partial charge on any atom is -0.394 e. The van der Waals surface area contributed by atoms with Crippen LogP contribution in [0.5, 0.6) is 0 Å². The third-order valence-electron chi connectivity index (χ3n) is 3.53. The molecular formula is C14H18O6. The second kappa shape index (κ2) is 5.61. The first kappa shape index (κ1) is 15.1. The molecule has 2 rings (SSSR count). The minimum atomic E-state index is -2.20. The molecule has 20 heavy (non-hydrogen) atoms. The van der Waals surface area contributed by atoms with E-state index >= 15 is 0 Å². The maximum absolute atomic E-state index is 10.5. The number of ether oxygens (including phenoxy) is 1. The van der Waals surface area contributed by atoms with Crippen LogP contribution in [0.3, 0.4) is 0 Å². The van der Waals surface area contributed by atoms with Crippen molar-refractivity contribution < 1.29 is 30.3 Å². The van der Waals surface area contributed by atoms with Gasteiger partial charge in [0, 0.05) is 5.56 Å². The van der Waals surface area contributed by atoms with Crippen LogP contribution in [-0.4, -0.2) is 56.6 Å². The maximum atomic E-state index is 10.5. The van der Waals surface area contributed by atoms with Crippen molar-refractivity contribution in [2.45, 2.75) is 30.2 Å². The molecule has 0 unspecified atom stereocenters. The van der Waals surface area contributed by atoms with E-state index in [9.17, 15) is 20.4 Å². The van der Waals surface area contributed by atoms with Crippen molar-refractivity contribution in [2.24, 2.45) is 0 Å². The summed E-state index contributed by atoms with van der Waals surface area (Å²) < 4.78 is 5.20. The molecule has 0 amide bonds. The van der Waals surface area contributed by atoms with Crippen molar-refractivity contribution in [1.82, 2.24) is 0 Å².